The standard InChI is InChI=1S/C13H19BrClNO/c1-4-8(5-2)12(16)10-6-9(15)7-11(14)13(10)17-3/h6-8,12H,4-5,16H2,1-3H3. The normalized spacial score (nSPS) is 12.9. The van der Waals surface area contributed by atoms with Crippen molar-refractivity contribution in [3.8, 4) is 5.75 Å². The fourth-order valence-electron chi connectivity index (χ4n) is 2.09. The third kappa shape index (κ3) is 3.36. The summed E-state index contributed by atoms with van der Waals surface area (Å²) in [7, 11) is 1.65. The Labute approximate surface area is 117 Å². The minimum atomic E-state index is -0.0463. The van der Waals surface area contributed by atoms with E-state index in [0.29, 0.717) is 10.9 Å². The second kappa shape index (κ2) is 6.62. The number of ether oxygens (including phenoxy) is 1. The first kappa shape index (κ1) is 14.8. The summed E-state index contributed by atoms with van der Waals surface area (Å²) in [6, 6.07) is 3.67. The summed E-state index contributed by atoms with van der Waals surface area (Å²) in [5, 5.41) is 0.675. The lowest BCUT2D eigenvalue weighted by atomic mass is 9.89. The van der Waals surface area contributed by atoms with Gasteiger partial charge in [0.25, 0.3) is 0 Å². The summed E-state index contributed by atoms with van der Waals surface area (Å²) in [5.41, 5.74) is 7.29. The van der Waals surface area contributed by atoms with Gasteiger partial charge in [-0.05, 0) is 34.0 Å². The van der Waals surface area contributed by atoms with Crippen LogP contribution in [0.4, 0.5) is 0 Å². The first-order valence-electron chi connectivity index (χ1n) is 5.83. The molecule has 2 nitrogen and oxygen atoms in total. The van der Waals surface area contributed by atoms with Gasteiger partial charge in [0.1, 0.15) is 5.75 Å². The second-order valence-corrected chi connectivity index (χ2v) is 5.40. The summed E-state index contributed by atoms with van der Waals surface area (Å²) in [6.07, 6.45) is 2.09. The molecule has 2 N–H and O–H groups in total. The number of nitrogens with two attached hydrogens (primary N) is 1. The maximum Gasteiger partial charge on any atom is 0.137 e. The molecule has 1 rings (SSSR count). The maximum atomic E-state index is 6.31. The Morgan fingerprint density at radius 3 is 2.41 bits per heavy atom. The first-order chi connectivity index (χ1) is 8.04. The maximum absolute atomic E-state index is 6.31. The van der Waals surface area contributed by atoms with Crippen LogP contribution in [-0.2, 0) is 0 Å². The Bertz CT molecular complexity index is 380. The average Bonchev–Trinajstić information content (AvgIpc) is 2.29. The predicted molar refractivity (Wildman–Crippen MR) is 76.7 cm³/mol. The highest BCUT2D eigenvalue weighted by Crippen LogP contribution is 2.38. The molecular formula is C13H19BrClNO. The van der Waals surface area contributed by atoms with Gasteiger partial charge >= 0.3 is 0 Å². The van der Waals surface area contributed by atoms with E-state index in [4.69, 9.17) is 22.1 Å². The molecule has 17 heavy (non-hydrogen) atoms. The molecule has 1 unspecified atom stereocenters. The molecule has 0 spiro atoms. The summed E-state index contributed by atoms with van der Waals surface area (Å²) in [5.74, 6) is 1.23. The molecule has 0 bridgehead atoms. The van der Waals surface area contributed by atoms with Crippen molar-refractivity contribution in [1.82, 2.24) is 0 Å². The van der Waals surface area contributed by atoms with Crippen molar-refractivity contribution in [1.29, 1.82) is 0 Å². The van der Waals surface area contributed by atoms with Gasteiger partial charge in [-0.1, -0.05) is 38.3 Å². The van der Waals surface area contributed by atoms with E-state index < -0.39 is 0 Å². The Hall–Kier alpha value is -0.250. The fraction of sp³-hybridized carbons (Fsp3) is 0.538. The SMILES string of the molecule is CCC(CC)C(N)c1cc(Cl)cc(Br)c1OC. The van der Waals surface area contributed by atoms with E-state index in [-0.39, 0.29) is 6.04 Å². The molecule has 1 aromatic rings. The molecule has 0 aliphatic rings. The van der Waals surface area contributed by atoms with Crippen LogP contribution in [-0.4, -0.2) is 7.11 Å². The zero-order valence-corrected chi connectivity index (χ0v) is 12.8. The molecule has 0 heterocycles. The fourth-order valence-corrected chi connectivity index (χ4v) is 3.09. The Morgan fingerprint density at radius 2 is 1.94 bits per heavy atom. The molecule has 0 aromatic heterocycles. The summed E-state index contributed by atoms with van der Waals surface area (Å²) < 4.78 is 6.26. The number of hydrogen-bond acceptors (Lipinski definition) is 2. The molecule has 0 fully saturated rings. The van der Waals surface area contributed by atoms with Gasteiger partial charge in [0.15, 0.2) is 0 Å². The Morgan fingerprint density at radius 1 is 1.35 bits per heavy atom. The van der Waals surface area contributed by atoms with Crippen molar-refractivity contribution in [3.05, 3.63) is 27.2 Å². The zero-order valence-electron chi connectivity index (χ0n) is 10.5. The van der Waals surface area contributed by atoms with Crippen LogP contribution in [0.15, 0.2) is 16.6 Å². The van der Waals surface area contributed by atoms with Crippen LogP contribution in [0.3, 0.4) is 0 Å². The topological polar surface area (TPSA) is 35.2 Å². The monoisotopic (exact) mass is 319 g/mol. The van der Waals surface area contributed by atoms with E-state index in [1.807, 2.05) is 12.1 Å². The molecule has 0 aliphatic carbocycles. The van der Waals surface area contributed by atoms with Crippen LogP contribution < -0.4 is 10.5 Å². The number of halogens is 2. The van der Waals surface area contributed by atoms with E-state index in [1.54, 1.807) is 7.11 Å². The molecule has 4 heteroatoms. The van der Waals surface area contributed by atoms with Crippen molar-refractivity contribution in [2.75, 3.05) is 7.11 Å². The van der Waals surface area contributed by atoms with Gasteiger partial charge in [0.05, 0.1) is 11.6 Å². The van der Waals surface area contributed by atoms with Crippen LogP contribution in [0.25, 0.3) is 0 Å². The molecule has 0 radical (unpaired) electrons. The van der Waals surface area contributed by atoms with Gasteiger partial charge in [-0.25, -0.2) is 0 Å². The smallest absolute Gasteiger partial charge is 0.137 e. The lowest BCUT2D eigenvalue weighted by Crippen LogP contribution is -2.21. The van der Waals surface area contributed by atoms with Gasteiger partial charge in [0.2, 0.25) is 0 Å². The summed E-state index contributed by atoms with van der Waals surface area (Å²) in [4.78, 5) is 0. The van der Waals surface area contributed by atoms with Crippen molar-refractivity contribution < 1.29 is 4.74 Å². The summed E-state index contributed by atoms with van der Waals surface area (Å²) in [6.45, 7) is 4.31. The summed E-state index contributed by atoms with van der Waals surface area (Å²) >= 11 is 9.53. The lowest BCUT2D eigenvalue weighted by molar-refractivity contribution is 0.369. The number of benzene rings is 1. The van der Waals surface area contributed by atoms with Crippen molar-refractivity contribution in [2.24, 2.45) is 11.7 Å². The highest BCUT2D eigenvalue weighted by molar-refractivity contribution is 9.10. The molecule has 96 valence electrons. The molecule has 0 saturated carbocycles. The van der Waals surface area contributed by atoms with Gasteiger partial charge in [-0.2, -0.15) is 0 Å². The zero-order chi connectivity index (χ0) is 13.0. The quantitative estimate of drug-likeness (QED) is 0.864. The van der Waals surface area contributed by atoms with Crippen LogP contribution in [0.1, 0.15) is 38.3 Å². The van der Waals surface area contributed by atoms with Gasteiger partial charge in [-0.3, -0.25) is 0 Å². The van der Waals surface area contributed by atoms with Crippen LogP contribution in [0.2, 0.25) is 5.02 Å². The van der Waals surface area contributed by atoms with Gasteiger partial charge < -0.3 is 10.5 Å². The second-order valence-electron chi connectivity index (χ2n) is 4.11. The van der Waals surface area contributed by atoms with E-state index in [0.717, 1.165) is 28.6 Å². The molecule has 0 aliphatic heterocycles. The van der Waals surface area contributed by atoms with Crippen LogP contribution >= 0.6 is 27.5 Å². The van der Waals surface area contributed by atoms with E-state index >= 15 is 0 Å². The van der Waals surface area contributed by atoms with E-state index in [9.17, 15) is 0 Å². The molecule has 0 saturated heterocycles. The van der Waals surface area contributed by atoms with E-state index in [1.165, 1.54) is 0 Å². The van der Waals surface area contributed by atoms with Gasteiger partial charge in [0, 0.05) is 16.6 Å². The largest absolute Gasteiger partial charge is 0.495 e. The third-order valence-electron chi connectivity index (χ3n) is 3.16. The molecule has 1 aromatic carbocycles. The molecule has 1 atom stereocenters. The minimum Gasteiger partial charge on any atom is -0.495 e. The van der Waals surface area contributed by atoms with Crippen molar-refractivity contribution >= 4 is 27.5 Å². The number of rotatable bonds is 5. The first-order valence-corrected chi connectivity index (χ1v) is 7.00. The Balaban J connectivity index is 3.19. The van der Waals surface area contributed by atoms with E-state index in [2.05, 4.69) is 29.8 Å². The van der Waals surface area contributed by atoms with Crippen molar-refractivity contribution in [2.45, 2.75) is 32.7 Å². The predicted octanol–water partition coefficient (Wildman–Crippen LogP) is 4.55. The lowest BCUT2D eigenvalue weighted by Gasteiger charge is -2.24. The molecule has 0 amide bonds. The highest BCUT2D eigenvalue weighted by Gasteiger charge is 2.21. The highest BCUT2D eigenvalue weighted by atomic mass is 79.9. The van der Waals surface area contributed by atoms with Crippen molar-refractivity contribution in [3.63, 3.8) is 0 Å². The third-order valence-corrected chi connectivity index (χ3v) is 3.96. The van der Waals surface area contributed by atoms with Crippen LogP contribution in [0.5, 0.6) is 5.75 Å². The van der Waals surface area contributed by atoms with Crippen LogP contribution in [0, 0.1) is 5.92 Å². The number of methoxy groups -OCH3 is 1. The molecular weight excluding hydrogens is 302 g/mol. The van der Waals surface area contributed by atoms with Gasteiger partial charge in [-0.15, -0.1) is 0 Å². The number of hydrogen-bond donors (Lipinski definition) is 1. The minimum absolute atomic E-state index is 0.0463. The Kier molecular flexibility index (Phi) is 5.77. The average molecular weight is 321 g/mol.